The van der Waals surface area contributed by atoms with E-state index in [0.29, 0.717) is 6.54 Å². The summed E-state index contributed by atoms with van der Waals surface area (Å²) in [6.07, 6.45) is 2.34. The van der Waals surface area contributed by atoms with Crippen molar-refractivity contribution < 1.29 is 9.72 Å². The maximum absolute atomic E-state index is 12.5. The van der Waals surface area contributed by atoms with Crippen LogP contribution in [0, 0.1) is 10.1 Å². The Morgan fingerprint density at radius 3 is 2.72 bits per heavy atom. The number of likely N-dealkylation sites (tertiary alicyclic amines) is 1. The van der Waals surface area contributed by atoms with Gasteiger partial charge < -0.3 is 5.32 Å². The van der Waals surface area contributed by atoms with Gasteiger partial charge in [0.15, 0.2) is 0 Å². The van der Waals surface area contributed by atoms with Crippen LogP contribution in [0.15, 0.2) is 35.7 Å². The highest BCUT2D eigenvalue weighted by molar-refractivity contribution is 7.10. The number of hydrogen-bond donors (Lipinski definition) is 1. The highest BCUT2D eigenvalue weighted by atomic mass is 35.5. The van der Waals surface area contributed by atoms with Crippen molar-refractivity contribution in [1.29, 1.82) is 0 Å². The van der Waals surface area contributed by atoms with E-state index >= 15 is 0 Å². The molecule has 2 aromatic rings. The zero-order chi connectivity index (χ0) is 17.8. The molecule has 1 aliphatic heterocycles. The molecule has 8 heteroatoms. The number of halogens is 1. The van der Waals surface area contributed by atoms with Crippen LogP contribution in [-0.4, -0.2) is 35.4 Å². The van der Waals surface area contributed by atoms with E-state index in [9.17, 15) is 14.9 Å². The summed E-state index contributed by atoms with van der Waals surface area (Å²) in [7, 11) is 0. The first kappa shape index (κ1) is 17.8. The molecular formula is C17H18ClN3O3S. The Labute approximate surface area is 154 Å². The van der Waals surface area contributed by atoms with E-state index in [1.807, 2.05) is 11.4 Å². The summed E-state index contributed by atoms with van der Waals surface area (Å²) in [5.74, 6) is -0.319. The van der Waals surface area contributed by atoms with Crippen molar-refractivity contribution in [3.05, 3.63) is 61.3 Å². The van der Waals surface area contributed by atoms with E-state index in [1.54, 1.807) is 11.3 Å². The number of benzene rings is 1. The Bertz CT molecular complexity index is 761. The molecule has 1 aromatic heterocycles. The van der Waals surface area contributed by atoms with E-state index in [-0.39, 0.29) is 28.2 Å². The molecule has 2 heterocycles. The summed E-state index contributed by atoms with van der Waals surface area (Å²) in [6.45, 7) is 2.53. The van der Waals surface area contributed by atoms with Crippen molar-refractivity contribution in [2.24, 2.45) is 0 Å². The van der Waals surface area contributed by atoms with E-state index in [4.69, 9.17) is 11.6 Å². The number of amides is 1. The van der Waals surface area contributed by atoms with Gasteiger partial charge >= 0.3 is 0 Å². The molecule has 0 unspecified atom stereocenters. The lowest BCUT2D eigenvalue weighted by molar-refractivity contribution is -0.384. The largest absolute Gasteiger partial charge is 0.350 e. The molecule has 0 radical (unpaired) electrons. The lowest BCUT2D eigenvalue weighted by atomic mass is 10.1. The first-order chi connectivity index (χ1) is 12.1. The molecule has 1 saturated heterocycles. The van der Waals surface area contributed by atoms with Gasteiger partial charge in [0.05, 0.1) is 21.6 Å². The van der Waals surface area contributed by atoms with Gasteiger partial charge in [-0.3, -0.25) is 19.8 Å². The maximum Gasteiger partial charge on any atom is 0.270 e. The summed E-state index contributed by atoms with van der Waals surface area (Å²) < 4.78 is 0. The van der Waals surface area contributed by atoms with E-state index < -0.39 is 4.92 Å². The minimum Gasteiger partial charge on any atom is -0.350 e. The van der Waals surface area contributed by atoms with Crippen molar-refractivity contribution >= 4 is 34.5 Å². The van der Waals surface area contributed by atoms with Crippen LogP contribution in [0.1, 0.15) is 34.1 Å². The average Bonchev–Trinajstić information content (AvgIpc) is 3.28. The predicted molar refractivity (Wildman–Crippen MR) is 98.3 cm³/mol. The van der Waals surface area contributed by atoms with Crippen LogP contribution in [-0.2, 0) is 0 Å². The second-order valence-corrected chi connectivity index (χ2v) is 7.29. The minimum atomic E-state index is -0.534. The lowest BCUT2D eigenvalue weighted by Gasteiger charge is -2.27. The van der Waals surface area contributed by atoms with Crippen LogP contribution < -0.4 is 5.32 Å². The third-order valence-corrected chi connectivity index (χ3v) is 5.60. The van der Waals surface area contributed by atoms with Crippen LogP contribution >= 0.6 is 22.9 Å². The fraction of sp³-hybridized carbons (Fsp3) is 0.353. The minimum absolute atomic E-state index is 0.0838. The number of thiophene rings is 1. The number of nitrogens with zero attached hydrogens (tertiary/aromatic N) is 2. The van der Waals surface area contributed by atoms with Gasteiger partial charge in [-0.1, -0.05) is 17.7 Å². The Morgan fingerprint density at radius 2 is 2.12 bits per heavy atom. The molecule has 1 atom stereocenters. The molecule has 0 bridgehead atoms. The lowest BCUT2D eigenvalue weighted by Crippen LogP contribution is -2.36. The number of nitro groups is 1. The van der Waals surface area contributed by atoms with E-state index in [0.717, 1.165) is 13.1 Å². The third-order valence-electron chi connectivity index (χ3n) is 4.32. The van der Waals surface area contributed by atoms with Gasteiger partial charge in [0, 0.05) is 23.6 Å². The van der Waals surface area contributed by atoms with Crippen molar-refractivity contribution in [1.82, 2.24) is 10.2 Å². The van der Waals surface area contributed by atoms with Crippen molar-refractivity contribution in [3.8, 4) is 0 Å². The number of carbonyl (C=O) groups is 1. The topological polar surface area (TPSA) is 75.5 Å². The van der Waals surface area contributed by atoms with Gasteiger partial charge in [-0.05, 0) is 43.4 Å². The molecule has 1 amide bonds. The van der Waals surface area contributed by atoms with Crippen LogP contribution in [0.4, 0.5) is 5.69 Å². The molecule has 3 rings (SSSR count). The molecule has 1 N–H and O–H groups in total. The first-order valence-electron chi connectivity index (χ1n) is 8.06. The number of non-ortho nitro benzene ring substituents is 1. The van der Waals surface area contributed by atoms with E-state index in [2.05, 4.69) is 16.3 Å². The summed E-state index contributed by atoms with van der Waals surface area (Å²) in [4.78, 5) is 26.3. The van der Waals surface area contributed by atoms with Crippen molar-refractivity contribution in [3.63, 3.8) is 0 Å². The number of nitro benzene ring substituents is 1. The Balaban J connectivity index is 1.70. The summed E-state index contributed by atoms with van der Waals surface area (Å²) in [5, 5.41) is 15.8. The molecule has 1 aromatic carbocycles. The molecule has 0 aliphatic carbocycles. The maximum atomic E-state index is 12.5. The SMILES string of the molecule is O=C(NC[C@H](c1cccs1)N1CCCC1)c1ccc([N+](=O)[O-])cc1Cl. The Hall–Kier alpha value is -1.96. The smallest absolute Gasteiger partial charge is 0.270 e. The first-order valence-corrected chi connectivity index (χ1v) is 9.31. The summed E-state index contributed by atoms with van der Waals surface area (Å²) in [5.41, 5.74) is 0.119. The molecular weight excluding hydrogens is 362 g/mol. The predicted octanol–water partition coefficient (Wildman–Crippen LogP) is 3.88. The zero-order valence-corrected chi connectivity index (χ0v) is 15.1. The van der Waals surface area contributed by atoms with Gasteiger partial charge in [0.25, 0.3) is 11.6 Å². The van der Waals surface area contributed by atoms with Gasteiger partial charge in [-0.2, -0.15) is 0 Å². The zero-order valence-electron chi connectivity index (χ0n) is 13.5. The molecule has 6 nitrogen and oxygen atoms in total. The van der Waals surface area contributed by atoms with Gasteiger partial charge in [-0.15, -0.1) is 11.3 Å². The summed E-state index contributed by atoms with van der Waals surface area (Å²) >= 11 is 7.72. The molecule has 132 valence electrons. The molecule has 0 saturated carbocycles. The van der Waals surface area contributed by atoms with Crippen LogP contribution in [0.25, 0.3) is 0 Å². The van der Waals surface area contributed by atoms with Gasteiger partial charge in [0.2, 0.25) is 0 Å². The standard InChI is InChI=1S/C17H18ClN3O3S/c18-14-10-12(21(23)24)5-6-13(14)17(22)19-11-15(16-4-3-9-25-16)20-7-1-2-8-20/h3-6,9-10,15H,1-2,7-8,11H2,(H,19,22)/t15-/m1/s1. The van der Waals surface area contributed by atoms with Gasteiger partial charge in [0.1, 0.15) is 0 Å². The van der Waals surface area contributed by atoms with Crippen LogP contribution in [0.5, 0.6) is 0 Å². The van der Waals surface area contributed by atoms with Gasteiger partial charge in [-0.25, -0.2) is 0 Å². The second kappa shape index (κ2) is 7.95. The molecule has 1 fully saturated rings. The average molecular weight is 380 g/mol. The monoisotopic (exact) mass is 379 g/mol. The van der Waals surface area contributed by atoms with Crippen molar-refractivity contribution in [2.45, 2.75) is 18.9 Å². The number of hydrogen-bond acceptors (Lipinski definition) is 5. The van der Waals surface area contributed by atoms with Crippen LogP contribution in [0.2, 0.25) is 5.02 Å². The quantitative estimate of drug-likeness (QED) is 0.610. The molecule has 1 aliphatic rings. The highest BCUT2D eigenvalue weighted by Crippen LogP contribution is 2.28. The number of rotatable bonds is 6. The Morgan fingerprint density at radius 1 is 1.36 bits per heavy atom. The summed E-state index contributed by atoms with van der Waals surface area (Å²) in [6, 6.07) is 8.12. The number of nitrogens with one attached hydrogen (secondary N) is 1. The Kier molecular flexibility index (Phi) is 5.67. The second-order valence-electron chi connectivity index (χ2n) is 5.91. The van der Waals surface area contributed by atoms with Crippen LogP contribution in [0.3, 0.4) is 0 Å². The highest BCUT2D eigenvalue weighted by Gasteiger charge is 2.25. The number of carbonyl (C=O) groups excluding carboxylic acids is 1. The fourth-order valence-corrected chi connectivity index (χ4v) is 4.15. The van der Waals surface area contributed by atoms with E-state index in [1.165, 1.54) is 35.9 Å². The normalized spacial score (nSPS) is 15.9. The third kappa shape index (κ3) is 4.18. The molecule has 25 heavy (non-hydrogen) atoms. The fourth-order valence-electron chi connectivity index (χ4n) is 3.03. The van der Waals surface area contributed by atoms with Crippen molar-refractivity contribution in [2.75, 3.05) is 19.6 Å². The molecule has 0 spiro atoms.